The van der Waals surface area contributed by atoms with Gasteiger partial charge in [-0.05, 0) is 54.6 Å². The van der Waals surface area contributed by atoms with Crippen LogP contribution in [0.25, 0.3) is 16.6 Å². The molecule has 2 aromatic heterocycles. The van der Waals surface area contributed by atoms with Gasteiger partial charge in [-0.25, -0.2) is 36.5 Å². The number of carbonyl (C=O) groups excluding carboxylic acids is 1. The molecule has 0 saturated heterocycles. The maximum absolute atomic E-state index is 12.9. The van der Waals surface area contributed by atoms with Crippen LogP contribution in [0.5, 0.6) is 0 Å². The van der Waals surface area contributed by atoms with Crippen LogP contribution in [0.15, 0.2) is 74.8 Å². The maximum atomic E-state index is 12.9. The molecule has 0 aliphatic heterocycles. The molecular formula is C19H14ClN5O6S3. The summed E-state index contributed by atoms with van der Waals surface area (Å²) < 4.78 is 50.8. The van der Waals surface area contributed by atoms with E-state index >= 15 is 0 Å². The topological polar surface area (TPSA) is 170 Å². The van der Waals surface area contributed by atoms with E-state index in [4.69, 9.17) is 16.7 Å². The number of primary sulfonamides is 1. The second-order valence-corrected chi connectivity index (χ2v) is 12.0. The zero-order valence-electron chi connectivity index (χ0n) is 16.8. The van der Waals surface area contributed by atoms with Gasteiger partial charge in [0.15, 0.2) is 0 Å². The number of aromatic nitrogens is 2. The number of halogens is 1. The number of nitrogens with zero attached hydrogens (tertiary/aromatic N) is 2. The lowest BCUT2D eigenvalue weighted by atomic mass is 10.2. The number of amides is 2. The average molecular weight is 540 g/mol. The fraction of sp³-hybridized carbons (Fsp3) is 0. The number of carbonyl (C=O) groups is 1. The monoisotopic (exact) mass is 539 g/mol. The molecule has 2 heterocycles. The highest BCUT2D eigenvalue weighted by atomic mass is 35.5. The lowest BCUT2D eigenvalue weighted by Crippen LogP contribution is -2.33. The number of sulfonamides is 2. The van der Waals surface area contributed by atoms with E-state index in [1.165, 1.54) is 59.4 Å². The molecule has 11 nitrogen and oxygen atoms in total. The summed E-state index contributed by atoms with van der Waals surface area (Å²) in [5, 5.41) is 7.57. The van der Waals surface area contributed by atoms with Gasteiger partial charge >= 0.3 is 6.03 Å². The van der Waals surface area contributed by atoms with Gasteiger partial charge in [0.25, 0.3) is 15.6 Å². The Morgan fingerprint density at radius 1 is 1.03 bits per heavy atom. The number of nitrogens with one attached hydrogen (secondary N) is 2. The first-order valence-corrected chi connectivity index (χ1v) is 13.4. The molecule has 0 saturated carbocycles. The largest absolute Gasteiger partial charge is 0.333 e. The zero-order chi connectivity index (χ0) is 24.7. The first kappa shape index (κ1) is 23.8. The third-order valence-electron chi connectivity index (χ3n) is 4.50. The lowest BCUT2D eigenvalue weighted by molar-refractivity contribution is 0.256. The van der Waals surface area contributed by atoms with Crippen LogP contribution in [0.4, 0.5) is 10.5 Å². The van der Waals surface area contributed by atoms with Gasteiger partial charge in [-0.2, -0.15) is 0 Å². The molecule has 0 aliphatic rings. The number of anilines is 1. The van der Waals surface area contributed by atoms with E-state index < -0.39 is 31.6 Å². The van der Waals surface area contributed by atoms with Crippen molar-refractivity contribution < 1.29 is 21.6 Å². The van der Waals surface area contributed by atoms with Crippen molar-refractivity contribution in [3.8, 4) is 5.69 Å². The number of thiophene rings is 1. The Kier molecular flexibility index (Phi) is 6.18. The molecule has 0 radical (unpaired) electrons. The van der Waals surface area contributed by atoms with Crippen molar-refractivity contribution in [1.82, 2.24) is 14.3 Å². The number of rotatable bonds is 5. The highest BCUT2D eigenvalue weighted by Crippen LogP contribution is 2.25. The minimum atomic E-state index is -4.08. The van der Waals surface area contributed by atoms with Gasteiger partial charge in [-0.3, -0.25) is 9.36 Å². The second-order valence-electron chi connectivity index (χ2n) is 6.81. The fourth-order valence-corrected chi connectivity index (χ4v) is 5.87. The quantitative estimate of drug-likeness (QED) is 0.349. The highest BCUT2D eigenvalue weighted by molar-refractivity contribution is 7.92. The summed E-state index contributed by atoms with van der Waals surface area (Å²) in [7, 11) is -8.09. The molecule has 2 aromatic carbocycles. The number of hydrogen-bond donors (Lipinski definition) is 3. The molecule has 4 N–H and O–H groups in total. The molecule has 0 atom stereocenters. The highest BCUT2D eigenvalue weighted by Gasteiger charge is 2.20. The summed E-state index contributed by atoms with van der Waals surface area (Å²) in [6, 6.07) is 11.3. The summed E-state index contributed by atoms with van der Waals surface area (Å²) in [6.45, 7) is 0. The van der Waals surface area contributed by atoms with Crippen LogP contribution < -0.4 is 20.7 Å². The third kappa shape index (κ3) is 4.95. The van der Waals surface area contributed by atoms with E-state index in [1.54, 1.807) is 0 Å². The summed E-state index contributed by atoms with van der Waals surface area (Å²) >= 11 is 6.54. The lowest BCUT2D eigenvalue weighted by Gasteiger charge is -2.10. The molecule has 34 heavy (non-hydrogen) atoms. The Labute approximate surface area is 201 Å². The molecule has 0 aliphatic carbocycles. The number of urea groups is 1. The van der Waals surface area contributed by atoms with E-state index in [-0.39, 0.29) is 30.0 Å². The first-order valence-electron chi connectivity index (χ1n) is 9.18. The van der Waals surface area contributed by atoms with E-state index in [1.807, 2.05) is 4.72 Å². The van der Waals surface area contributed by atoms with E-state index in [9.17, 15) is 26.4 Å². The Morgan fingerprint density at radius 3 is 2.35 bits per heavy atom. The predicted octanol–water partition coefficient (Wildman–Crippen LogP) is 2.26. The van der Waals surface area contributed by atoms with Crippen LogP contribution >= 0.6 is 22.9 Å². The molecule has 0 fully saturated rings. The minimum absolute atomic E-state index is 0.0505. The normalized spacial score (nSPS) is 11.9. The van der Waals surface area contributed by atoms with Crippen LogP contribution in [0.1, 0.15) is 0 Å². The second kappa shape index (κ2) is 8.81. The standard InChI is InChI=1S/C19H14ClN5O6S3/c20-16-7-8-17(32-16)34(30,31)24-19(27)23-11-1-3-12(4-2-11)25-10-22-15-6-5-13(33(21,28)29)9-14(15)18(25)26/h1-10H,(H2,21,28,29)(H2,23,24,27). The van der Waals surface area contributed by atoms with Gasteiger partial charge in [-0.15, -0.1) is 11.3 Å². The summed E-state index contributed by atoms with van der Waals surface area (Å²) in [4.78, 5) is 29.0. The van der Waals surface area contributed by atoms with Crippen molar-refractivity contribution in [3.05, 3.63) is 75.6 Å². The smallest absolute Gasteiger partial charge is 0.307 e. The molecule has 2 amide bonds. The summed E-state index contributed by atoms with van der Waals surface area (Å²) in [5.74, 6) is 0. The van der Waals surface area contributed by atoms with E-state index in [0.29, 0.717) is 5.69 Å². The van der Waals surface area contributed by atoms with Crippen molar-refractivity contribution in [2.45, 2.75) is 9.10 Å². The molecule has 15 heteroatoms. The third-order valence-corrected chi connectivity index (χ3v) is 8.47. The summed E-state index contributed by atoms with van der Waals surface area (Å²) in [6.07, 6.45) is 1.27. The van der Waals surface area contributed by atoms with E-state index in [0.717, 1.165) is 17.4 Å². The molecule has 4 rings (SSSR count). The van der Waals surface area contributed by atoms with Gasteiger partial charge in [0.2, 0.25) is 10.0 Å². The summed E-state index contributed by atoms with van der Waals surface area (Å²) in [5.41, 5.74) is 0.373. The maximum Gasteiger partial charge on any atom is 0.333 e. The van der Waals surface area contributed by atoms with Crippen molar-refractivity contribution in [2.75, 3.05) is 5.32 Å². The van der Waals surface area contributed by atoms with Gasteiger partial charge < -0.3 is 5.32 Å². The van der Waals surface area contributed by atoms with Crippen LogP contribution in [-0.2, 0) is 20.0 Å². The fourth-order valence-electron chi connectivity index (χ4n) is 2.94. The number of hydrogen-bond acceptors (Lipinski definition) is 8. The Balaban J connectivity index is 1.56. The molecule has 0 bridgehead atoms. The number of benzene rings is 2. The SMILES string of the molecule is NS(=O)(=O)c1ccc2ncn(-c3ccc(NC(=O)NS(=O)(=O)c4ccc(Cl)s4)cc3)c(=O)c2c1. The van der Waals surface area contributed by atoms with Crippen LogP contribution in [0.2, 0.25) is 4.34 Å². The zero-order valence-corrected chi connectivity index (χ0v) is 20.0. The average Bonchev–Trinajstić information content (AvgIpc) is 3.21. The van der Waals surface area contributed by atoms with Crippen LogP contribution in [0, 0.1) is 0 Å². The predicted molar refractivity (Wildman–Crippen MR) is 127 cm³/mol. The first-order chi connectivity index (χ1) is 15.9. The molecule has 176 valence electrons. The van der Waals surface area contributed by atoms with Crippen molar-refractivity contribution in [1.29, 1.82) is 0 Å². The van der Waals surface area contributed by atoms with Crippen LogP contribution in [0.3, 0.4) is 0 Å². The molecule has 0 spiro atoms. The van der Waals surface area contributed by atoms with E-state index in [2.05, 4.69) is 10.3 Å². The molecule has 0 unspecified atom stereocenters. The van der Waals surface area contributed by atoms with Crippen molar-refractivity contribution in [3.63, 3.8) is 0 Å². The van der Waals surface area contributed by atoms with Gasteiger partial charge in [-0.1, -0.05) is 11.6 Å². The van der Waals surface area contributed by atoms with Crippen LogP contribution in [-0.4, -0.2) is 32.4 Å². The Bertz CT molecular complexity index is 1700. The van der Waals surface area contributed by atoms with Gasteiger partial charge in [0.1, 0.15) is 10.5 Å². The Morgan fingerprint density at radius 2 is 1.74 bits per heavy atom. The molecular weight excluding hydrogens is 526 g/mol. The van der Waals surface area contributed by atoms with Gasteiger partial charge in [0.05, 0.1) is 25.8 Å². The minimum Gasteiger partial charge on any atom is -0.307 e. The molecule has 4 aromatic rings. The van der Waals surface area contributed by atoms with Crippen molar-refractivity contribution in [2.24, 2.45) is 5.14 Å². The number of nitrogens with two attached hydrogens (primary N) is 1. The van der Waals surface area contributed by atoms with Crippen molar-refractivity contribution >= 4 is 65.6 Å². The van der Waals surface area contributed by atoms with Gasteiger partial charge in [0, 0.05) is 5.69 Å². The number of fused-ring (bicyclic) bond motifs is 1. The Hall–Kier alpha value is -3.30.